The van der Waals surface area contributed by atoms with Crippen molar-refractivity contribution >= 4 is 28.3 Å². The van der Waals surface area contributed by atoms with Crippen LogP contribution in [0, 0.1) is 0 Å². The van der Waals surface area contributed by atoms with Crippen molar-refractivity contribution in [2.45, 2.75) is 31.7 Å². The molecule has 6 nitrogen and oxygen atoms in total. The molecule has 126 valence electrons. The lowest BCUT2D eigenvalue weighted by atomic mass is 10.2. The molecule has 3 N–H and O–H groups in total. The Hall–Kier alpha value is -1.15. The van der Waals surface area contributed by atoms with Crippen LogP contribution in [0.4, 0.5) is 0 Å². The van der Waals surface area contributed by atoms with Gasteiger partial charge < -0.3 is 11.1 Å². The number of benzene rings is 1. The first kappa shape index (κ1) is 20.9. The standard InChI is InChI=1S/C14H23N3O3S.ClH/c1-4-17(5-2)21(19,20)13-8-6-7-12(9-13)14(18)16-11(3)10-15;/h6-9,11H,4-5,10,15H2,1-3H3,(H,16,18);1H/t11-;/m0./s1. The third-order valence-corrected chi connectivity index (χ3v) is 5.22. The molecular weight excluding hydrogens is 326 g/mol. The molecule has 0 radical (unpaired) electrons. The molecule has 0 aliphatic heterocycles. The predicted octanol–water partition coefficient (Wildman–Crippen LogP) is 1.22. The molecule has 0 heterocycles. The highest BCUT2D eigenvalue weighted by Gasteiger charge is 2.22. The van der Waals surface area contributed by atoms with E-state index in [9.17, 15) is 13.2 Å². The van der Waals surface area contributed by atoms with Gasteiger partial charge in [0.25, 0.3) is 5.91 Å². The maximum atomic E-state index is 12.4. The highest BCUT2D eigenvalue weighted by Crippen LogP contribution is 2.17. The molecule has 8 heteroatoms. The summed E-state index contributed by atoms with van der Waals surface area (Å²) in [5.74, 6) is -0.329. The van der Waals surface area contributed by atoms with Crippen molar-refractivity contribution in [1.29, 1.82) is 0 Å². The third-order valence-electron chi connectivity index (χ3n) is 3.17. The number of carbonyl (C=O) groups is 1. The van der Waals surface area contributed by atoms with E-state index in [0.29, 0.717) is 25.2 Å². The molecule has 1 atom stereocenters. The van der Waals surface area contributed by atoms with Crippen LogP contribution in [0.15, 0.2) is 29.2 Å². The molecule has 1 aromatic rings. The van der Waals surface area contributed by atoms with Crippen molar-refractivity contribution in [3.8, 4) is 0 Å². The number of amides is 1. The minimum atomic E-state index is -3.56. The second-order valence-corrected chi connectivity index (χ2v) is 6.67. The molecule has 1 aromatic carbocycles. The maximum absolute atomic E-state index is 12.4. The summed E-state index contributed by atoms with van der Waals surface area (Å²) in [5.41, 5.74) is 5.76. The smallest absolute Gasteiger partial charge is 0.251 e. The number of hydrogen-bond donors (Lipinski definition) is 2. The first-order valence-corrected chi connectivity index (χ1v) is 8.41. The van der Waals surface area contributed by atoms with E-state index < -0.39 is 10.0 Å². The van der Waals surface area contributed by atoms with E-state index in [0.717, 1.165) is 0 Å². The van der Waals surface area contributed by atoms with Crippen LogP contribution >= 0.6 is 12.4 Å². The average molecular weight is 350 g/mol. The van der Waals surface area contributed by atoms with Crippen molar-refractivity contribution in [1.82, 2.24) is 9.62 Å². The summed E-state index contributed by atoms with van der Waals surface area (Å²) in [5, 5.41) is 2.71. The van der Waals surface area contributed by atoms with Crippen molar-refractivity contribution < 1.29 is 13.2 Å². The van der Waals surface area contributed by atoms with Gasteiger partial charge >= 0.3 is 0 Å². The van der Waals surface area contributed by atoms with Crippen LogP contribution in [-0.2, 0) is 10.0 Å². The quantitative estimate of drug-likeness (QED) is 0.774. The summed E-state index contributed by atoms with van der Waals surface area (Å²) in [6.07, 6.45) is 0. The minimum absolute atomic E-state index is 0. The number of rotatable bonds is 7. The van der Waals surface area contributed by atoms with Crippen molar-refractivity contribution in [2.24, 2.45) is 5.73 Å². The van der Waals surface area contributed by atoms with Crippen LogP contribution in [0.1, 0.15) is 31.1 Å². The van der Waals surface area contributed by atoms with Gasteiger partial charge in [0, 0.05) is 31.2 Å². The lowest BCUT2D eigenvalue weighted by Crippen LogP contribution is -2.38. The summed E-state index contributed by atoms with van der Waals surface area (Å²) in [4.78, 5) is 12.2. The second kappa shape index (κ2) is 9.09. The highest BCUT2D eigenvalue weighted by atomic mass is 35.5. The molecule has 0 aromatic heterocycles. The number of nitrogens with zero attached hydrogens (tertiary/aromatic N) is 1. The second-order valence-electron chi connectivity index (χ2n) is 4.73. The van der Waals surface area contributed by atoms with Crippen LogP contribution in [0.3, 0.4) is 0 Å². The monoisotopic (exact) mass is 349 g/mol. The van der Waals surface area contributed by atoms with Gasteiger partial charge in [-0.05, 0) is 25.1 Å². The van der Waals surface area contributed by atoms with Crippen LogP contribution in [0.25, 0.3) is 0 Å². The number of hydrogen-bond acceptors (Lipinski definition) is 4. The largest absolute Gasteiger partial charge is 0.348 e. The Bertz CT molecular complexity index is 589. The molecule has 0 fully saturated rings. The van der Waals surface area contributed by atoms with Gasteiger partial charge in [0.2, 0.25) is 10.0 Å². The lowest BCUT2D eigenvalue weighted by Gasteiger charge is -2.19. The zero-order valence-electron chi connectivity index (χ0n) is 13.1. The summed E-state index contributed by atoms with van der Waals surface area (Å²) in [6.45, 7) is 6.44. The summed E-state index contributed by atoms with van der Waals surface area (Å²) in [6, 6.07) is 5.88. The van der Waals surface area contributed by atoms with E-state index in [1.807, 2.05) is 0 Å². The molecule has 1 amide bonds. The van der Waals surface area contributed by atoms with Gasteiger partial charge in [0.15, 0.2) is 0 Å². The van der Waals surface area contributed by atoms with E-state index in [2.05, 4.69) is 5.32 Å². The molecule has 22 heavy (non-hydrogen) atoms. The summed E-state index contributed by atoms with van der Waals surface area (Å²) in [7, 11) is -3.56. The van der Waals surface area contributed by atoms with Crippen molar-refractivity contribution in [2.75, 3.05) is 19.6 Å². The van der Waals surface area contributed by atoms with E-state index in [4.69, 9.17) is 5.73 Å². The van der Waals surface area contributed by atoms with Gasteiger partial charge in [-0.15, -0.1) is 12.4 Å². The zero-order chi connectivity index (χ0) is 16.0. The third kappa shape index (κ3) is 4.95. The molecule has 1 rings (SSSR count). The Labute approximate surface area is 138 Å². The molecule has 0 aliphatic carbocycles. The average Bonchev–Trinajstić information content (AvgIpc) is 2.48. The van der Waals surface area contributed by atoms with Crippen molar-refractivity contribution in [3.63, 3.8) is 0 Å². The fourth-order valence-electron chi connectivity index (χ4n) is 1.88. The number of nitrogens with two attached hydrogens (primary N) is 1. The van der Waals surface area contributed by atoms with Gasteiger partial charge in [0.05, 0.1) is 4.90 Å². The number of halogens is 1. The van der Waals surface area contributed by atoms with Crippen LogP contribution < -0.4 is 11.1 Å². The molecule has 0 unspecified atom stereocenters. The Morgan fingerprint density at radius 2 is 1.91 bits per heavy atom. The van der Waals surface area contributed by atoms with Gasteiger partial charge in [0.1, 0.15) is 0 Å². The molecule has 0 spiro atoms. The van der Waals surface area contributed by atoms with Crippen molar-refractivity contribution in [3.05, 3.63) is 29.8 Å². The fraction of sp³-hybridized carbons (Fsp3) is 0.500. The number of sulfonamides is 1. The van der Waals surface area contributed by atoms with Crippen LogP contribution in [0.2, 0.25) is 0 Å². The van der Waals surface area contributed by atoms with E-state index >= 15 is 0 Å². The van der Waals surface area contributed by atoms with Gasteiger partial charge in [-0.2, -0.15) is 4.31 Å². The Kier molecular flexibility index (Phi) is 8.62. The van der Waals surface area contributed by atoms with E-state index in [-0.39, 0.29) is 29.3 Å². The predicted molar refractivity (Wildman–Crippen MR) is 89.8 cm³/mol. The van der Waals surface area contributed by atoms with Gasteiger partial charge in [-0.3, -0.25) is 4.79 Å². The first-order valence-electron chi connectivity index (χ1n) is 6.97. The number of nitrogens with one attached hydrogen (secondary N) is 1. The Balaban J connectivity index is 0.00000441. The number of carbonyl (C=O) groups excluding carboxylic acids is 1. The lowest BCUT2D eigenvalue weighted by molar-refractivity contribution is 0.0941. The highest BCUT2D eigenvalue weighted by molar-refractivity contribution is 7.89. The summed E-state index contributed by atoms with van der Waals surface area (Å²) >= 11 is 0. The van der Waals surface area contributed by atoms with E-state index in [1.165, 1.54) is 16.4 Å². The van der Waals surface area contributed by atoms with E-state index in [1.54, 1.807) is 32.9 Å². The molecule has 0 bridgehead atoms. The minimum Gasteiger partial charge on any atom is -0.348 e. The van der Waals surface area contributed by atoms with Gasteiger partial charge in [-0.1, -0.05) is 19.9 Å². The Morgan fingerprint density at radius 3 is 2.41 bits per heavy atom. The fourth-order valence-corrected chi connectivity index (χ4v) is 3.38. The maximum Gasteiger partial charge on any atom is 0.251 e. The first-order chi connectivity index (χ1) is 9.86. The molecule has 0 saturated carbocycles. The van der Waals surface area contributed by atoms with Crippen LogP contribution in [0.5, 0.6) is 0 Å². The molecular formula is C14H24ClN3O3S. The molecule has 0 saturated heterocycles. The van der Waals surface area contributed by atoms with Gasteiger partial charge in [-0.25, -0.2) is 8.42 Å². The summed E-state index contributed by atoms with van der Waals surface area (Å²) < 4.78 is 26.2. The zero-order valence-corrected chi connectivity index (χ0v) is 14.7. The molecule has 0 aliphatic rings. The SMILES string of the molecule is CCN(CC)S(=O)(=O)c1cccc(C(=O)N[C@@H](C)CN)c1.Cl. The topological polar surface area (TPSA) is 92.5 Å². The normalized spacial score (nSPS) is 12.6. The van der Waals surface area contributed by atoms with Crippen LogP contribution in [-0.4, -0.2) is 44.3 Å². The Morgan fingerprint density at radius 1 is 1.32 bits per heavy atom.